The minimum atomic E-state index is 0.765. The van der Waals surface area contributed by atoms with E-state index in [1.807, 2.05) is 25.2 Å². The number of rotatable bonds is 2. The summed E-state index contributed by atoms with van der Waals surface area (Å²) in [6.07, 6.45) is 0.978. The molecule has 0 aliphatic heterocycles. The van der Waals surface area contributed by atoms with Crippen molar-refractivity contribution in [2.75, 3.05) is 0 Å². The van der Waals surface area contributed by atoms with Gasteiger partial charge in [0.2, 0.25) is 0 Å². The zero-order valence-electron chi connectivity index (χ0n) is 13.2. The van der Waals surface area contributed by atoms with Crippen molar-refractivity contribution in [2.24, 2.45) is 7.05 Å². The van der Waals surface area contributed by atoms with Crippen LogP contribution >= 0.6 is 0 Å². The van der Waals surface area contributed by atoms with E-state index in [1.165, 1.54) is 16.3 Å². The minimum Gasteiger partial charge on any atom is -0.343 e. The third-order valence-corrected chi connectivity index (χ3v) is 4.72. The molecule has 1 aromatic heterocycles. The first-order valence-corrected chi connectivity index (χ1v) is 7.73. The van der Waals surface area contributed by atoms with Gasteiger partial charge in [-0.25, -0.2) is 0 Å². The number of aromatic nitrogens is 1. The molecule has 0 radical (unpaired) electrons. The highest BCUT2D eigenvalue weighted by molar-refractivity contribution is 6.06. The zero-order chi connectivity index (χ0) is 16.0. The van der Waals surface area contributed by atoms with E-state index in [2.05, 4.69) is 54.0 Å². The van der Waals surface area contributed by atoms with Crippen molar-refractivity contribution in [3.05, 3.63) is 71.8 Å². The molecule has 0 aliphatic rings. The van der Waals surface area contributed by atoms with Crippen LogP contribution in [-0.2, 0) is 7.05 Å². The van der Waals surface area contributed by atoms with Gasteiger partial charge in [0.05, 0.1) is 5.69 Å². The lowest BCUT2D eigenvalue weighted by molar-refractivity contribution is 0.112. The number of hydrogen-bond donors (Lipinski definition) is 0. The first-order chi connectivity index (χ1) is 11.2. The number of nitrogens with zero attached hydrogens (tertiary/aromatic N) is 1. The van der Waals surface area contributed by atoms with Crippen LogP contribution in [0.5, 0.6) is 0 Å². The number of para-hydroxylation sites is 1. The molecular formula is C21H17NO. The molecule has 0 fully saturated rings. The summed E-state index contributed by atoms with van der Waals surface area (Å²) in [6, 6.07) is 20.7. The Morgan fingerprint density at radius 2 is 1.57 bits per heavy atom. The summed E-state index contributed by atoms with van der Waals surface area (Å²) < 4.78 is 2.12. The molecule has 0 saturated carbocycles. The molecule has 1 heterocycles. The van der Waals surface area contributed by atoms with E-state index in [1.54, 1.807) is 0 Å². The molecule has 4 aromatic rings. The van der Waals surface area contributed by atoms with E-state index < -0.39 is 0 Å². The molecule has 2 nitrogen and oxygen atoms in total. The van der Waals surface area contributed by atoms with Gasteiger partial charge in [0.25, 0.3) is 0 Å². The molecule has 0 N–H and O–H groups in total. The molecule has 0 amide bonds. The Morgan fingerprint density at radius 1 is 0.870 bits per heavy atom. The van der Waals surface area contributed by atoms with Crippen molar-refractivity contribution in [1.29, 1.82) is 0 Å². The molecule has 2 heteroatoms. The minimum absolute atomic E-state index is 0.765. The number of benzene rings is 3. The second-order valence-corrected chi connectivity index (χ2v) is 5.92. The van der Waals surface area contributed by atoms with Gasteiger partial charge in [-0.15, -0.1) is 0 Å². The zero-order valence-corrected chi connectivity index (χ0v) is 13.2. The van der Waals surface area contributed by atoms with Gasteiger partial charge in [-0.2, -0.15) is 0 Å². The van der Waals surface area contributed by atoms with Gasteiger partial charge in [-0.1, -0.05) is 54.6 Å². The Balaban J connectivity index is 2.13. The van der Waals surface area contributed by atoms with Crippen LogP contribution in [0.2, 0.25) is 0 Å². The number of hydrogen-bond acceptors (Lipinski definition) is 1. The molecule has 112 valence electrons. The van der Waals surface area contributed by atoms with E-state index in [0.717, 1.165) is 34.0 Å². The Morgan fingerprint density at radius 3 is 2.35 bits per heavy atom. The number of aryl methyl sites for hydroxylation is 2. The standard InChI is InChI=1S/C21H17NO/c1-14-16-8-4-3-7-15(16)11-12-17(14)21-19(13-23)18-9-5-6-10-20(18)22(21)2/h3-13H,1-2H3. The topological polar surface area (TPSA) is 22.0 Å². The SMILES string of the molecule is Cc1c(-c2c(C=O)c3ccccc3n2C)ccc2ccccc12. The van der Waals surface area contributed by atoms with Gasteiger partial charge in [-0.3, -0.25) is 4.79 Å². The van der Waals surface area contributed by atoms with E-state index in [9.17, 15) is 4.79 Å². The fourth-order valence-electron chi connectivity index (χ4n) is 3.55. The molecule has 0 aliphatic carbocycles. The van der Waals surface area contributed by atoms with Crippen molar-refractivity contribution in [3.8, 4) is 11.3 Å². The van der Waals surface area contributed by atoms with Gasteiger partial charge >= 0.3 is 0 Å². The average molecular weight is 299 g/mol. The summed E-state index contributed by atoms with van der Waals surface area (Å²) in [4.78, 5) is 11.8. The predicted octanol–water partition coefficient (Wildman–Crippen LogP) is 5.12. The van der Waals surface area contributed by atoms with E-state index in [-0.39, 0.29) is 0 Å². The van der Waals surface area contributed by atoms with Gasteiger partial charge in [0.1, 0.15) is 0 Å². The summed E-state index contributed by atoms with van der Waals surface area (Å²) in [5, 5.41) is 3.46. The average Bonchev–Trinajstić information content (AvgIpc) is 2.88. The van der Waals surface area contributed by atoms with Gasteiger partial charge in [0, 0.05) is 29.1 Å². The van der Waals surface area contributed by atoms with Crippen LogP contribution in [0, 0.1) is 6.92 Å². The Labute approximate surface area is 135 Å². The number of aldehydes is 1. The first-order valence-electron chi connectivity index (χ1n) is 7.73. The summed E-state index contributed by atoms with van der Waals surface area (Å²) in [5.74, 6) is 0. The molecule has 3 aromatic carbocycles. The molecular weight excluding hydrogens is 282 g/mol. The van der Waals surface area contributed by atoms with Crippen molar-refractivity contribution < 1.29 is 4.79 Å². The smallest absolute Gasteiger partial charge is 0.152 e. The van der Waals surface area contributed by atoms with Crippen LogP contribution in [0.25, 0.3) is 32.9 Å². The van der Waals surface area contributed by atoms with Gasteiger partial charge in [0.15, 0.2) is 6.29 Å². The van der Waals surface area contributed by atoms with Crippen LogP contribution in [0.4, 0.5) is 0 Å². The number of carbonyl (C=O) groups is 1. The van der Waals surface area contributed by atoms with Crippen LogP contribution in [0.3, 0.4) is 0 Å². The second kappa shape index (κ2) is 5.10. The van der Waals surface area contributed by atoms with Crippen LogP contribution in [0.1, 0.15) is 15.9 Å². The third kappa shape index (κ3) is 1.92. The lowest BCUT2D eigenvalue weighted by Crippen LogP contribution is -1.96. The van der Waals surface area contributed by atoms with Crippen LogP contribution in [-0.4, -0.2) is 10.9 Å². The van der Waals surface area contributed by atoms with E-state index in [4.69, 9.17) is 0 Å². The van der Waals surface area contributed by atoms with Crippen molar-refractivity contribution in [3.63, 3.8) is 0 Å². The van der Waals surface area contributed by atoms with Crippen LogP contribution in [0.15, 0.2) is 60.7 Å². The predicted molar refractivity (Wildman–Crippen MR) is 96.0 cm³/mol. The van der Waals surface area contributed by atoms with E-state index in [0.29, 0.717) is 0 Å². The number of fused-ring (bicyclic) bond motifs is 2. The summed E-state index contributed by atoms with van der Waals surface area (Å²) in [7, 11) is 2.03. The van der Waals surface area contributed by atoms with Crippen LogP contribution < -0.4 is 0 Å². The number of carbonyl (C=O) groups excluding carboxylic acids is 1. The molecule has 0 bridgehead atoms. The molecule has 4 rings (SSSR count). The van der Waals surface area contributed by atoms with Gasteiger partial charge < -0.3 is 4.57 Å². The fraction of sp³-hybridized carbons (Fsp3) is 0.0952. The normalized spacial score (nSPS) is 11.2. The Bertz CT molecular complexity index is 1060. The molecule has 0 unspecified atom stereocenters. The van der Waals surface area contributed by atoms with Gasteiger partial charge in [-0.05, 0) is 29.3 Å². The van der Waals surface area contributed by atoms with E-state index >= 15 is 0 Å². The maximum absolute atomic E-state index is 11.8. The van der Waals surface area contributed by atoms with Crippen molar-refractivity contribution in [1.82, 2.24) is 4.57 Å². The maximum Gasteiger partial charge on any atom is 0.152 e. The molecule has 0 saturated heterocycles. The first kappa shape index (κ1) is 13.8. The second-order valence-electron chi connectivity index (χ2n) is 5.92. The van der Waals surface area contributed by atoms with Crippen molar-refractivity contribution in [2.45, 2.75) is 6.92 Å². The highest BCUT2D eigenvalue weighted by Crippen LogP contribution is 2.36. The lowest BCUT2D eigenvalue weighted by atomic mass is 9.96. The lowest BCUT2D eigenvalue weighted by Gasteiger charge is -2.12. The monoisotopic (exact) mass is 299 g/mol. The largest absolute Gasteiger partial charge is 0.343 e. The summed E-state index contributed by atoms with van der Waals surface area (Å²) >= 11 is 0. The third-order valence-electron chi connectivity index (χ3n) is 4.72. The quantitative estimate of drug-likeness (QED) is 0.471. The Hall–Kier alpha value is -2.87. The Kier molecular flexibility index (Phi) is 3.05. The highest BCUT2D eigenvalue weighted by atomic mass is 16.1. The molecule has 23 heavy (non-hydrogen) atoms. The molecule has 0 atom stereocenters. The highest BCUT2D eigenvalue weighted by Gasteiger charge is 2.18. The fourth-order valence-corrected chi connectivity index (χ4v) is 3.55. The molecule has 0 spiro atoms. The summed E-state index contributed by atoms with van der Waals surface area (Å²) in [6.45, 7) is 2.13. The van der Waals surface area contributed by atoms with Crippen molar-refractivity contribution >= 4 is 28.0 Å². The summed E-state index contributed by atoms with van der Waals surface area (Å²) in [5.41, 5.74) is 5.16. The maximum atomic E-state index is 11.8.